The number of halogens is 2. The molecule has 0 spiro atoms. The van der Waals surface area contributed by atoms with E-state index in [9.17, 15) is 24.3 Å². The van der Waals surface area contributed by atoms with Gasteiger partial charge < -0.3 is 37.7 Å². The molecule has 64 heavy (non-hydrogen) atoms. The van der Waals surface area contributed by atoms with Gasteiger partial charge in [-0.2, -0.15) is 6.07 Å². The first-order chi connectivity index (χ1) is 29.3. The van der Waals surface area contributed by atoms with Gasteiger partial charge >= 0.3 is 23.1 Å². The van der Waals surface area contributed by atoms with Crippen LogP contribution in [0.1, 0.15) is 99.9 Å². The van der Waals surface area contributed by atoms with Crippen LogP contribution in [0.25, 0.3) is 0 Å². The average Bonchev–Trinajstić information content (AvgIpc) is 3.87. The molecule has 3 aliphatic rings. The molecule has 2 atom stereocenters. The molecule has 0 radical (unpaired) electrons. The zero-order valence-electron chi connectivity index (χ0n) is 34.8. The summed E-state index contributed by atoms with van der Waals surface area (Å²) in [7, 11) is 0. The summed E-state index contributed by atoms with van der Waals surface area (Å²) in [6, 6.07) is 39.4. The molecule has 4 N–H and O–H groups in total. The number of nitrogens with zero attached hydrogens (tertiary/aromatic N) is 4. The van der Waals surface area contributed by atoms with Gasteiger partial charge in [0.15, 0.2) is 5.72 Å². The number of aliphatic hydroxyl groups is 1. The Labute approximate surface area is 407 Å². The molecule has 0 aliphatic carbocycles. The quantitative estimate of drug-likeness (QED) is 0.109. The summed E-state index contributed by atoms with van der Waals surface area (Å²) in [6.45, 7) is 7.74. The molecule has 4 aromatic heterocycles. The number of pyridine rings is 4. The summed E-state index contributed by atoms with van der Waals surface area (Å²) in [4.78, 5) is 61.9. The Bertz CT molecular complexity index is 2620. The molecule has 15 heteroatoms. The monoisotopic (exact) mass is 993 g/mol. The Hall–Kier alpha value is -5.97. The fourth-order valence-corrected chi connectivity index (χ4v) is 6.56. The number of aryl methyl sites for hydroxylation is 4. The third-order valence-corrected chi connectivity index (χ3v) is 10.00. The second kappa shape index (κ2) is 24.2. The van der Waals surface area contributed by atoms with Crippen LogP contribution in [0.5, 0.6) is 0 Å². The zero-order valence-corrected chi connectivity index (χ0v) is 39.4. The maximum absolute atomic E-state index is 11.8. The minimum absolute atomic E-state index is 0. The number of fused-ring (bicyclic) bond motifs is 3. The number of aromatic nitrogens is 4. The number of rotatable bonds is 2. The van der Waals surface area contributed by atoms with Crippen molar-refractivity contribution in [1.29, 1.82) is 0 Å². The van der Waals surface area contributed by atoms with E-state index in [1.54, 1.807) is 79.3 Å². The van der Waals surface area contributed by atoms with E-state index in [1.807, 2.05) is 94.6 Å². The molecule has 0 bridgehead atoms. The van der Waals surface area contributed by atoms with Gasteiger partial charge in [-0.3, -0.25) is 39.4 Å². The Morgan fingerprint density at radius 2 is 1.12 bits per heavy atom. The maximum Gasteiger partial charge on any atom is 2.00 e. The van der Waals surface area contributed by atoms with Gasteiger partial charge in [-0.05, 0) is 109 Å². The molecule has 3 aromatic carbocycles. The van der Waals surface area contributed by atoms with Gasteiger partial charge in [-0.1, -0.05) is 74.3 Å². The summed E-state index contributed by atoms with van der Waals surface area (Å²) in [5, 5.41) is 18.5. The van der Waals surface area contributed by atoms with Crippen LogP contribution in [0.2, 0.25) is 0 Å². The molecular weight excluding hydrogens is 951 g/mol. The van der Waals surface area contributed by atoms with E-state index in [0.717, 1.165) is 43.9 Å². The van der Waals surface area contributed by atoms with Crippen LogP contribution in [0.4, 0.5) is 0 Å². The van der Waals surface area contributed by atoms with E-state index in [1.165, 1.54) is 0 Å². The number of imide groups is 1. The number of nitrogens with one attached hydrogen (secondary N) is 3. The number of benzene rings is 3. The Morgan fingerprint density at radius 3 is 1.62 bits per heavy atom. The molecule has 2 unspecified atom stereocenters. The van der Waals surface area contributed by atoms with Crippen LogP contribution in [0, 0.1) is 33.8 Å². The van der Waals surface area contributed by atoms with Gasteiger partial charge in [-0.25, -0.2) is 12.1 Å². The fourth-order valence-electron chi connectivity index (χ4n) is 6.32. The first kappa shape index (κ1) is 52.4. The van der Waals surface area contributed by atoms with Crippen molar-refractivity contribution in [3.05, 3.63) is 224 Å². The molecular formula is C49H45Br2MgN7O5. The Morgan fingerprint density at radius 1 is 0.594 bits per heavy atom. The fraction of sp³-hybridized carbons (Fsp3) is 0.143. The second-order valence-electron chi connectivity index (χ2n) is 14.0. The molecule has 0 saturated heterocycles. The van der Waals surface area contributed by atoms with Crippen molar-refractivity contribution in [3.8, 4) is 0 Å². The summed E-state index contributed by atoms with van der Waals surface area (Å²) in [6.07, 6.45) is 6.85. The van der Waals surface area contributed by atoms with E-state index in [0.29, 0.717) is 27.8 Å². The predicted octanol–water partition coefficient (Wildman–Crippen LogP) is 4.72. The van der Waals surface area contributed by atoms with Gasteiger partial charge in [0.25, 0.3) is 23.6 Å². The number of amides is 4. The Kier molecular flexibility index (Phi) is 19.8. The van der Waals surface area contributed by atoms with Crippen molar-refractivity contribution < 1.29 is 41.3 Å². The number of hydrogen-bond acceptors (Lipinski definition) is 9. The van der Waals surface area contributed by atoms with Crippen molar-refractivity contribution in [2.24, 2.45) is 0 Å². The van der Waals surface area contributed by atoms with Gasteiger partial charge in [0.2, 0.25) is 0 Å². The molecule has 3 aliphatic heterocycles. The summed E-state index contributed by atoms with van der Waals surface area (Å²) in [5.41, 5.74) is 7.84. The van der Waals surface area contributed by atoms with E-state index >= 15 is 0 Å². The molecule has 7 aromatic rings. The topological polar surface area (TPSA) is 176 Å². The van der Waals surface area contributed by atoms with Crippen LogP contribution in [-0.4, -0.2) is 71.7 Å². The maximum atomic E-state index is 11.8. The first-order valence-electron chi connectivity index (χ1n) is 19.1. The van der Waals surface area contributed by atoms with Crippen LogP contribution >= 0.6 is 15.9 Å². The number of carbonyl (C=O) groups is 4. The van der Waals surface area contributed by atoms with Crippen LogP contribution in [0.3, 0.4) is 0 Å². The molecule has 10 rings (SSSR count). The third-order valence-electron chi connectivity index (χ3n) is 9.53. The van der Waals surface area contributed by atoms with E-state index in [-0.39, 0.29) is 77.1 Å². The molecule has 7 heterocycles. The smallest absolute Gasteiger partial charge is 1.00 e. The average molecular weight is 996 g/mol. The number of carbonyl (C=O) groups excluding carboxylic acids is 4. The molecule has 322 valence electrons. The van der Waals surface area contributed by atoms with Crippen molar-refractivity contribution in [2.45, 2.75) is 46.9 Å². The zero-order chi connectivity index (χ0) is 43.5. The SMILES string of the molecule is C.Cc1cc[c-]cn1.Cc1ccc(Br)cn1.Cc1ccc(C2(O)NC(=O)c3ccccc32)cn1.Cc1ccc(C2NC(=O)c3ccccc32)cn1.O=C1NC(=O)c2ccccc21.[Br-].[Mg+2]. The van der Waals surface area contributed by atoms with E-state index < -0.39 is 5.72 Å². The van der Waals surface area contributed by atoms with Crippen LogP contribution in [0.15, 0.2) is 151 Å². The first-order valence-corrected chi connectivity index (χ1v) is 19.8. The van der Waals surface area contributed by atoms with Crippen molar-refractivity contribution >= 4 is 62.6 Å². The second-order valence-corrected chi connectivity index (χ2v) is 14.9. The summed E-state index contributed by atoms with van der Waals surface area (Å²) < 4.78 is 1.03. The van der Waals surface area contributed by atoms with Gasteiger partial charge in [-0.15, -0.1) is 0 Å². The largest absolute Gasteiger partial charge is 2.00 e. The number of hydrogen-bond donors (Lipinski definition) is 4. The van der Waals surface area contributed by atoms with Gasteiger partial charge in [0, 0.05) is 62.4 Å². The molecule has 0 saturated carbocycles. The predicted molar refractivity (Wildman–Crippen MR) is 246 cm³/mol. The van der Waals surface area contributed by atoms with E-state index in [4.69, 9.17) is 0 Å². The molecule has 12 nitrogen and oxygen atoms in total. The third kappa shape index (κ3) is 13.0. The molecule has 0 fully saturated rings. The van der Waals surface area contributed by atoms with Crippen LogP contribution in [-0.2, 0) is 5.72 Å². The summed E-state index contributed by atoms with van der Waals surface area (Å²) in [5.74, 6) is -0.879. The minimum Gasteiger partial charge on any atom is -1.00 e. The van der Waals surface area contributed by atoms with Gasteiger partial charge in [0.1, 0.15) is 0 Å². The van der Waals surface area contributed by atoms with Gasteiger partial charge in [0.05, 0.1) is 17.2 Å². The normalized spacial score (nSPS) is 15.4. The van der Waals surface area contributed by atoms with Crippen molar-refractivity contribution in [2.75, 3.05) is 0 Å². The minimum atomic E-state index is -1.48. The van der Waals surface area contributed by atoms with Crippen molar-refractivity contribution in [1.82, 2.24) is 35.9 Å². The Balaban J connectivity index is 0.000000220. The van der Waals surface area contributed by atoms with E-state index in [2.05, 4.69) is 57.9 Å². The van der Waals surface area contributed by atoms with Crippen molar-refractivity contribution in [3.63, 3.8) is 0 Å². The summed E-state index contributed by atoms with van der Waals surface area (Å²) >= 11 is 3.28. The molecule has 4 amide bonds. The standard InChI is InChI=1S/C14H12N2O2.C14H12N2O.C8H5NO2.C6H6BrN.C6H6N.CH4.BrH.Mg/c1-9-6-7-10(8-15-9)14(18)12-5-3-2-4-11(12)13(17)16-14;1-9-6-7-10(8-15-9)13-11-4-2-3-5-12(11)14(17)16-13;10-7-5-3-1-2-4-6(5)8(11)9-7;1-5-2-3-6(7)4-8-5;1-6-4-2-3-5-7-6;;;/h2-8,18H,1H3,(H,16,17);2-8,13H,1H3,(H,16,17);1-4H,(H,9,10,11);2-4H,1H3;2,4-5H,1H3;1H4;1H;/q;;;;-1;;;+2/p-1. The van der Waals surface area contributed by atoms with Crippen LogP contribution < -0.4 is 32.9 Å².